The first kappa shape index (κ1) is 9.12. The van der Waals surface area contributed by atoms with Gasteiger partial charge >= 0.3 is 12.1 Å². The highest BCUT2D eigenvalue weighted by atomic mass is 35.5. The first-order valence-electron chi connectivity index (χ1n) is 3.30. The quantitative estimate of drug-likeness (QED) is 0.478. The van der Waals surface area contributed by atoms with E-state index in [4.69, 9.17) is 11.6 Å². The lowest BCUT2D eigenvalue weighted by Crippen LogP contribution is -2.26. The van der Waals surface area contributed by atoms with E-state index in [0.717, 1.165) is 0 Å². The Kier molecular flexibility index (Phi) is 3.16. The largest absolute Gasteiger partial charge is 0.509 e. The van der Waals surface area contributed by atoms with Crippen molar-refractivity contribution in [3.63, 3.8) is 0 Å². The van der Waals surface area contributed by atoms with Gasteiger partial charge in [-0.2, -0.15) is 0 Å². The molecule has 0 spiro atoms. The number of rotatable bonds is 3. The lowest BCUT2D eigenvalue weighted by atomic mass is 10.4. The van der Waals surface area contributed by atoms with E-state index in [0.29, 0.717) is 0 Å². The minimum Gasteiger partial charge on any atom is -0.462 e. The van der Waals surface area contributed by atoms with Crippen molar-refractivity contribution in [3.8, 4) is 0 Å². The molecule has 0 saturated carbocycles. The Morgan fingerprint density at radius 3 is 3.00 bits per heavy atom. The van der Waals surface area contributed by atoms with Crippen LogP contribution in [0.1, 0.15) is 0 Å². The Bertz CT molecular complexity index is 192. The third kappa shape index (κ3) is 2.27. The minimum atomic E-state index is -0.930. The van der Waals surface area contributed by atoms with Crippen LogP contribution < -0.4 is 0 Å². The minimum absolute atomic E-state index is 0.0834. The average molecular weight is 195 g/mol. The summed E-state index contributed by atoms with van der Waals surface area (Å²) < 4.78 is 13.4. The number of cyclic esters (lactones) is 2. The number of hydrogen-bond donors (Lipinski definition) is 0. The number of halogens is 1. The van der Waals surface area contributed by atoms with E-state index < -0.39 is 18.2 Å². The first-order chi connectivity index (χ1) is 5.74. The van der Waals surface area contributed by atoms with Gasteiger partial charge in [0.15, 0.2) is 0 Å². The molecule has 1 unspecified atom stereocenters. The fourth-order valence-electron chi connectivity index (χ4n) is 0.676. The van der Waals surface area contributed by atoms with Crippen LogP contribution >= 0.6 is 11.6 Å². The van der Waals surface area contributed by atoms with Crippen molar-refractivity contribution in [1.29, 1.82) is 0 Å². The molecule has 1 aliphatic heterocycles. The zero-order valence-electron chi connectivity index (χ0n) is 6.12. The molecule has 1 aliphatic rings. The van der Waals surface area contributed by atoms with Crippen molar-refractivity contribution in [1.82, 2.24) is 0 Å². The summed E-state index contributed by atoms with van der Waals surface area (Å²) in [6.45, 7) is 0.0222. The van der Waals surface area contributed by atoms with E-state index in [1.807, 2.05) is 0 Å². The molecule has 0 N–H and O–H groups in total. The van der Waals surface area contributed by atoms with Gasteiger partial charge < -0.3 is 14.2 Å². The molecule has 0 amide bonds. The molecule has 0 aliphatic carbocycles. The Labute approximate surface area is 73.5 Å². The summed E-state index contributed by atoms with van der Waals surface area (Å²) >= 11 is 5.26. The second-order valence-electron chi connectivity index (χ2n) is 2.02. The summed E-state index contributed by atoms with van der Waals surface area (Å²) in [6, 6.07) is 0. The van der Waals surface area contributed by atoms with Gasteiger partial charge in [-0.15, -0.1) is 11.6 Å². The third-order valence-electron chi connectivity index (χ3n) is 1.18. The Morgan fingerprint density at radius 2 is 2.50 bits per heavy atom. The molecule has 1 fully saturated rings. The molecule has 12 heavy (non-hydrogen) atoms. The van der Waals surface area contributed by atoms with E-state index in [1.54, 1.807) is 0 Å². The zero-order valence-corrected chi connectivity index (χ0v) is 6.87. The molecule has 0 aromatic carbocycles. The predicted octanol–water partition coefficient (Wildman–Crippen LogP) is 0.304. The van der Waals surface area contributed by atoms with Gasteiger partial charge in [-0.05, 0) is 0 Å². The Morgan fingerprint density at radius 1 is 1.75 bits per heavy atom. The lowest BCUT2D eigenvalue weighted by molar-refractivity contribution is -0.151. The van der Waals surface area contributed by atoms with Crippen molar-refractivity contribution in [2.45, 2.75) is 6.10 Å². The Hall–Kier alpha value is -0.970. The summed E-state index contributed by atoms with van der Waals surface area (Å²) in [5.74, 6) is -0.408. The van der Waals surface area contributed by atoms with Crippen LogP contribution in [0, 0.1) is 0 Å². The number of carbonyl (C=O) groups is 2. The van der Waals surface area contributed by atoms with Gasteiger partial charge in [0.1, 0.15) is 13.2 Å². The van der Waals surface area contributed by atoms with Crippen molar-refractivity contribution in [2.75, 3.05) is 19.1 Å². The van der Waals surface area contributed by atoms with Gasteiger partial charge in [0, 0.05) is 0 Å². The van der Waals surface area contributed by atoms with Crippen LogP contribution in [0.3, 0.4) is 0 Å². The second kappa shape index (κ2) is 4.15. The molecule has 1 rings (SSSR count). The SMILES string of the molecule is O=C1OCC(C(=O)OCCCl)O1. The monoisotopic (exact) mass is 194 g/mol. The lowest BCUT2D eigenvalue weighted by Gasteiger charge is -2.04. The Balaban J connectivity index is 2.28. The van der Waals surface area contributed by atoms with Gasteiger partial charge in [0.2, 0.25) is 6.10 Å². The average Bonchev–Trinajstić information content (AvgIpc) is 2.47. The maximum Gasteiger partial charge on any atom is 0.509 e. The van der Waals surface area contributed by atoms with E-state index in [-0.39, 0.29) is 19.1 Å². The second-order valence-corrected chi connectivity index (χ2v) is 2.40. The maximum absolute atomic E-state index is 10.9. The number of carbonyl (C=O) groups excluding carboxylic acids is 2. The number of esters is 1. The zero-order chi connectivity index (χ0) is 8.97. The van der Waals surface area contributed by atoms with Gasteiger partial charge in [0.25, 0.3) is 0 Å². The maximum atomic E-state index is 10.9. The van der Waals surface area contributed by atoms with Crippen molar-refractivity contribution in [3.05, 3.63) is 0 Å². The molecule has 0 radical (unpaired) electrons. The normalized spacial score (nSPS) is 21.4. The third-order valence-corrected chi connectivity index (χ3v) is 1.33. The highest BCUT2D eigenvalue weighted by Crippen LogP contribution is 2.07. The molecule has 0 bridgehead atoms. The van der Waals surface area contributed by atoms with Crippen LogP contribution in [0.25, 0.3) is 0 Å². The van der Waals surface area contributed by atoms with E-state index in [2.05, 4.69) is 14.2 Å². The topological polar surface area (TPSA) is 61.8 Å². The van der Waals surface area contributed by atoms with Gasteiger partial charge in [-0.1, -0.05) is 0 Å². The summed E-state index contributed by atoms with van der Waals surface area (Å²) in [6.07, 6.45) is -1.77. The number of hydrogen-bond acceptors (Lipinski definition) is 5. The molecule has 6 heteroatoms. The van der Waals surface area contributed by atoms with Crippen LogP contribution in [-0.2, 0) is 19.0 Å². The van der Waals surface area contributed by atoms with Crippen molar-refractivity contribution >= 4 is 23.7 Å². The molecule has 68 valence electrons. The fraction of sp³-hybridized carbons (Fsp3) is 0.667. The smallest absolute Gasteiger partial charge is 0.462 e. The van der Waals surface area contributed by atoms with E-state index in [1.165, 1.54) is 0 Å². The molecule has 1 atom stereocenters. The molecular weight excluding hydrogens is 188 g/mol. The first-order valence-corrected chi connectivity index (χ1v) is 3.83. The van der Waals surface area contributed by atoms with Crippen LogP contribution in [-0.4, -0.2) is 37.3 Å². The van der Waals surface area contributed by atoms with Crippen LogP contribution in [0.15, 0.2) is 0 Å². The van der Waals surface area contributed by atoms with E-state index >= 15 is 0 Å². The fourth-order valence-corrected chi connectivity index (χ4v) is 0.753. The van der Waals surface area contributed by atoms with Crippen LogP contribution in [0.5, 0.6) is 0 Å². The standard InChI is InChI=1S/C6H7ClO5/c7-1-2-10-5(8)4-3-11-6(9)12-4/h4H,1-3H2. The van der Waals surface area contributed by atoms with E-state index in [9.17, 15) is 9.59 Å². The highest BCUT2D eigenvalue weighted by molar-refractivity contribution is 6.18. The summed E-state index contributed by atoms with van der Waals surface area (Å²) in [7, 11) is 0. The highest BCUT2D eigenvalue weighted by Gasteiger charge is 2.32. The van der Waals surface area contributed by atoms with Crippen LogP contribution in [0.4, 0.5) is 4.79 Å². The van der Waals surface area contributed by atoms with Crippen LogP contribution in [0.2, 0.25) is 0 Å². The molecule has 5 nitrogen and oxygen atoms in total. The molecule has 1 saturated heterocycles. The summed E-state index contributed by atoms with van der Waals surface area (Å²) in [5.41, 5.74) is 0. The molecule has 1 heterocycles. The summed E-state index contributed by atoms with van der Waals surface area (Å²) in [5, 5.41) is 0. The molecule has 0 aromatic rings. The van der Waals surface area contributed by atoms with Gasteiger partial charge in [0.05, 0.1) is 5.88 Å². The van der Waals surface area contributed by atoms with Crippen molar-refractivity contribution < 1.29 is 23.8 Å². The number of ether oxygens (including phenoxy) is 3. The molecular formula is C6H7ClO5. The number of alkyl halides is 1. The van der Waals surface area contributed by atoms with Crippen molar-refractivity contribution in [2.24, 2.45) is 0 Å². The van der Waals surface area contributed by atoms with Gasteiger partial charge in [-0.3, -0.25) is 0 Å². The van der Waals surface area contributed by atoms with Gasteiger partial charge in [-0.25, -0.2) is 9.59 Å². The predicted molar refractivity (Wildman–Crippen MR) is 37.9 cm³/mol. The molecule has 0 aromatic heterocycles. The summed E-state index contributed by atoms with van der Waals surface area (Å²) in [4.78, 5) is 21.3.